The lowest BCUT2D eigenvalue weighted by Crippen LogP contribution is -2.53. The number of amides is 2. The minimum absolute atomic E-state index is 0.155. The monoisotopic (exact) mass is 398 g/mol. The van der Waals surface area contributed by atoms with Gasteiger partial charge in [-0.15, -0.1) is 0 Å². The van der Waals surface area contributed by atoms with Gasteiger partial charge in [-0.2, -0.15) is 0 Å². The molecule has 0 N–H and O–H groups in total. The van der Waals surface area contributed by atoms with Crippen LogP contribution in [0.4, 0.5) is 0 Å². The standard InChI is InChI=1S/C23H34N4O2/c1-18-7-10-26(11-8-18)23(29)22-20-6-4-3-5-19(20)9-12-27(22)17-21(28)25-15-13-24(2)14-16-25/h3-6,18,22H,7-17H2,1-2H3. The number of nitrogens with zero attached hydrogens (tertiary/aromatic N) is 4. The summed E-state index contributed by atoms with van der Waals surface area (Å²) in [6.45, 7) is 8.42. The number of carbonyl (C=O) groups is 2. The molecule has 0 aliphatic carbocycles. The zero-order valence-corrected chi connectivity index (χ0v) is 17.8. The fourth-order valence-electron chi connectivity index (χ4n) is 4.81. The average molecular weight is 399 g/mol. The van der Waals surface area contributed by atoms with E-state index in [1.165, 1.54) is 5.56 Å². The Morgan fingerprint density at radius 1 is 0.931 bits per heavy atom. The van der Waals surface area contributed by atoms with Gasteiger partial charge in [-0.05, 0) is 43.4 Å². The van der Waals surface area contributed by atoms with Crippen molar-refractivity contribution in [3.8, 4) is 0 Å². The van der Waals surface area contributed by atoms with E-state index in [9.17, 15) is 9.59 Å². The molecule has 6 nitrogen and oxygen atoms in total. The van der Waals surface area contributed by atoms with E-state index < -0.39 is 0 Å². The van der Waals surface area contributed by atoms with Crippen LogP contribution in [0.2, 0.25) is 0 Å². The van der Waals surface area contributed by atoms with Crippen molar-refractivity contribution in [3.63, 3.8) is 0 Å². The first-order valence-electron chi connectivity index (χ1n) is 11.1. The largest absolute Gasteiger partial charge is 0.341 e. The number of carbonyl (C=O) groups excluding carboxylic acids is 2. The molecule has 3 aliphatic heterocycles. The Bertz CT molecular complexity index is 736. The summed E-state index contributed by atoms with van der Waals surface area (Å²) in [6, 6.07) is 7.95. The van der Waals surface area contributed by atoms with E-state index >= 15 is 0 Å². The minimum atomic E-state index is -0.329. The maximum absolute atomic E-state index is 13.6. The molecule has 3 aliphatic rings. The highest BCUT2D eigenvalue weighted by molar-refractivity contribution is 5.86. The van der Waals surface area contributed by atoms with E-state index in [2.05, 4.69) is 35.9 Å². The van der Waals surface area contributed by atoms with Crippen LogP contribution in [-0.2, 0) is 16.0 Å². The van der Waals surface area contributed by atoms with E-state index in [0.29, 0.717) is 12.5 Å². The van der Waals surface area contributed by atoms with E-state index in [1.54, 1.807) is 0 Å². The molecule has 2 amide bonds. The van der Waals surface area contributed by atoms with Gasteiger partial charge in [-0.3, -0.25) is 14.5 Å². The third-order valence-corrected chi connectivity index (χ3v) is 6.91. The Morgan fingerprint density at radius 3 is 2.34 bits per heavy atom. The molecule has 6 heteroatoms. The second-order valence-corrected chi connectivity index (χ2v) is 9.01. The molecule has 2 saturated heterocycles. The average Bonchev–Trinajstić information content (AvgIpc) is 2.74. The van der Waals surface area contributed by atoms with Gasteiger partial charge < -0.3 is 14.7 Å². The summed E-state index contributed by atoms with van der Waals surface area (Å²) in [6.07, 6.45) is 3.04. The van der Waals surface area contributed by atoms with Crippen molar-refractivity contribution >= 4 is 11.8 Å². The first-order chi connectivity index (χ1) is 14.0. The van der Waals surface area contributed by atoms with Gasteiger partial charge >= 0.3 is 0 Å². The Morgan fingerprint density at radius 2 is 1.62 bits per heavy atom. The van der Waals surface area contributed by atoms with Gasteiger partial charge in [0.25, 0.3) is 0 Å². The van der Waals surface area contributed by atoms with E-state index in [1.807, 2.05) is 21.9 Å². The van der Waals surface area contributed by atoms with Crippen molar-refractivity contribution in [2.75, 3.05) is 59.4 Å². The zero-order valence-electron chi connectivity index (χ0n) is 17.8. The summed E-state index contributed by atoms with van der Waals surface area (Å²) in [5.41, 5.74) is 2.34. The second kappa shape index (κ2) is 8.84. The van der Waals surface area contributed by atoms with Crippen LogP contribution in [0.1, 0.15) is 36.9 Å². The van der Waals surface area contributed by atoms with Gasteiger partial charge in [0.1, 0.15) is 6.04 Å². The third kappa shape index (κ3) is 4.48. The van der Waals surface area contributed by atoms with Gasteiger partial charge in [0.15, 0.2) is 0 Å². The van der Waals surface area contributed by atoms with Crippen LogP contribution >= 0.6 is 0 Å². The van der Waals surface area contributed by atoms with Gasteiger partial charge in [-0.1, -0.05) is 31.2 Å². The first kappa shape index (κ1) is 20.4. The number of piperazine rings is 1. The number of benzene rings is 1. The zero-order chi connectivity index (χ0) is 20.4. The first-order valence-corrected chi connectivity index (χ1v) is 11.1. The lowest BCUT2D eigenvalue weighted by atomic mass is 9.90. The molecule has 1 atom stereocenters. The highest BCUT2D eigenvalue weighted by atomic mass is 16.2. The SMILES string of the molecule is CC1CCN(C(=O)C2c3ccccc3CCN2CC(=O)N2CCN(C)CC2)CC1. The van der Waals surface area contributed by atoms with Crippen molar-refractivity contribution in [2.45, 2.75) is 32.2 Å². The van der Waals surface area contributed by atoms with Crippen LogP contribution in [-0.4, -0.2) is 90.8 Å². The fourth-order valence-corrected chi connectivity index (χ4v) is 4.81. The van der Waals surface area contributed by atoms with Gasteiger partial charge in [0, 0.05) is 45.8 Å². The molecule has 2 fully saturated rings. The molecule has 0 bridgehead atoms. The molecule has 1 aromatic carbocycles. The van der Waals surface area contributed by atoms with Crippen LogP contribution in [0.25, 0.3) is 0 Å². The van der Waals surface area contributed by atoms with Crippen molar-refractivity contribution in [2.24, 2.45) is 5.92 Å². The Kier molecular flexibility index (Phi) is 6.20. The van der Waals surface area contributed by atoms with Crippen molar-refractivity contribution < 1.29 is 9.59 Å². The number of likely N-dealkylation sites (N-methyl/N-ethyl adjacent to an activating group) is 1. The Balaban J connectivity index is 1.52. The van der Waals surface area contributed by atoms with Gasteiger partial charge in [0.05, 0.1) is 6.54 Å². The lowest BCUT2D eigenvalue weighted by Gasteiger charge is -2.41. The summed E-state index contributed by atoms with van der Waals surface area (Å²) in [5.74, 6) is 1.02. The molecule has 1 aromatic rings. The number of piperidine rings is 1. The smallest absolute Gasteiger partial charge is 0.244 e. The third-order valence-electron chi connectivity index (χ3n) is 6.91. The Hall–Kier alpha value is -1.92. The number of rotatable bonds is 3. The summed E-state index contributed by atoms with van der Waals surface area (Å²) >= 11 is 0. The van der Waals surface area contributed by atoms with Crippen molar-refractivity contribution in [1.29, 1.82) is 0 Å². The molecule has 29 heavy (non-hydrogen) atoms. The van der Waals surface area contributed by atoms with Gasteiger partial charge in [-0.25, -0.2) is 0 Å². The maximum atomic E-state index is 13.6. The molecule has 3 heterocycles. The predicted octanol–water partition coefficient (Wildman–Crippen LogP) is 1.62. The van der Waals surface area contributed by atoms with Crippen LogP contribution < -0.4 is 0 Å². The van der Waals surface area contributed by atoms with Crippen molar-refractivity contribution in [3.05, 3.63) is 35.4 Å². The molecule has 1 unspecified atom stereocenters. The molecule has 0 saturated carbocycles. The number of hydrogen-bond acceptors (Lipinski definition) is 4. The predicted molar refractivity (Wildman–Crippen MR) is 114 cm³/mol. The minimum Gasteiger partial charge on any atom is -0.341 e. The number of fused-ring (bicyclic) bond motifs is 1. The van der Waals surface area contributed by atoms with Crippen LogP contribution in [0.5, 0.6) is 0 Å². The quantitative estimate of drug-likeness (QED) is 0.776. The summed E-state index contributed by atoms with van der Waals surface area (Å²) in [7, 11) is 2.09. The van der Waals surface area contributed by atoms with E-state index in [-0.39, 0.29) is 17.9 Å². The van der Waals surface area contributed by atoms with Crippen LogP contribution in [0.3, 0.4) is 0 Å². The van der Waals surface area contributed by atoms with Crippen LogP contribution in [0.15, 0.2) is 24.3 Å². The summed E-state index contributed by atoms with van der Waals surface area (Å²) in [5, 5.41) is 0. The Labute approximate surface area is 174 Å². The molecule has 0 aromatic heterocycles. The maximum Gasteiger partial charge on any atom is 0.244 e. The summed E-state index contributed by atoms with van der Waals surface area (Å²) < 4.78 is 0. The number of hydrogen-bond donors (Lipinski definition) is 0. The second-order valence-electron chi connectivity index (χ2n) is 9.01. The topological polar surface area (TPSA) is 47.1 Å². The molecular formula is C23H34N4O2. The highest BCUT2D eigenvalue weighted by Crippen LogP contribution is 2.32. The molecule has 0 spiro atoms. The molecule has 158 valence electrons. The van der Waals surface area contributed by atoms with E-state index in [4.69, 9.17) is 0 Å². The molecular weight excluding hydrogens is 364 g/mol. The fraction of sp³-hybridized carbons (Fsp3) is 0.652. The van der Waals surface area contributed by atoms with Gasteiger partial charge in [0.2, 0.25) is 11.8 Å². The summed E-state index contributed by atoms with van der Waals surface area (Å²) in [4.78, 5) is 35.0. The highest BCUT2D eigenvalue weighted by Gasteiger charge is 2.37. The van der Waals surface area contributed by atoms with Crippen LogP contribution in [0, 0.1) is 5.92 Å². The van der Waals surface area contributed by atoms with E-state index in [0.717, 1.165) is 70.6 Å². The lowest BCUT2D eigenvalue weighted by molar-refractivity contribution is -0.142. The normalized spacial score (nSPS) is 24.4. The molecule has 4 rings (SSSR count). The number of likely N-dealkylation sites (tertiary alicyclic amines) is 1. The van der Waals surface area contributed by atoms with Crippen molar-refractivity contribution in [1.82, 2.24) is 19.6 Å². The molecule has 0 radical (unpaired) electrons.